The minimum Gasteiger partial charge on any atom is -0.469 e. The van der Waals surface area contributed by atoms with Crippen molar-refractivity contribution in [3.05, 3.63) is 26.7 Å². The summed E-state index contributed by atoms with van der Waals surface area (Å²) >= 11 is 15.3. The molecule has 0 spiro atoms. The lowest BCUT2D eigenvalue weighted by atomic mass is 10.2. The highest BCUT2D eigenvalue weighted by Gasteiger charge is 2.13. The molecule has 1 aromatic rings. The Morgan fingerprint density at radius 3 is 2.71 bits per heavy atom. The summed E-state index contributed by atoms with van der Waals surface area (Å²) < 4.78 is 5.32. The molecule has 1 atom stereocenters. The van der Waals surface area contributed by atoms with Crippen LogP contribution < -0.4 is 5.32 Å². The van der Waals surface area contributed by atoms with Gasteiger partial charge in [0.15, 0.2) is 0 Å². The third kappa shape index (κ3) is 4.05. The second-order valence-corrected chi connectivity index (χ2v) is 5.16. The third-order valence-electron chi connectivity index (χ3n) is 2.14. The third-order valence-corrected chi connectivity index (χ3v) is 3.91. The Kier molecular flexibility index (Phi) is 5.56. The van der Waals surface area contributed by atoms with E-state index < -0.39 is 0 Å². The van der Waals surface area contributed by atoms with Crippen molar-refractivity contribution in [1.29, 1.82) is 0 Å². The Morgan fingerprint density at radius 1 is 1.47 bits per heavy atom. The van der Waals surface area contributed by atoms with Crippen molar-refractivity contribution < 1.29 is 9.53 Å². The van der Waals surface area contributed by atoms with Crippen molar-refractivity contribution in [1.82, 2.24) is 0 Å². The molecule has 0 heterocycles. The lowest BCUT2D eigenvalue weighted by Gasteiger charge is -2.16. The van der Waals surface area contributed by atoms with E-state index in [1.165, 1.54) is 7.11 Å². The lowest BCUT2D eigenvalue weighted by Crippen LogP contribution is -2.20. The van der Waals surface area contributed by atoms with E-state index in [4.69, 9.17) is 23.2 Å². The number of hydrogen-bond acceptors (Lipinski definition) is 3. The largest absolute Gasteiger partial charge is 0.469 e. The molecule has 0 aliphatic heterocycles. The van der Waals surface area contributed by atoms with Crippen LogP contribution in [0.1, 0.15) is 13.3 Å². The van der Waals surface area contributed by atoms with Gasteiger partial charge in [0.25, 0.3) is 0 Å². The molecule has 0 saturated carbocycles. The van der Waals surface area contributed by atoms with Crippen LogP contribution in [0.2, 0.25) is 10.0 Å². The molecule has 0 aliphatic carbocycles. The van der Waals surface area contributed by atoms with Gasteiger partial charge in [-0.05, 0) is 35.0 Å². The predicted molar refractivity (Wildman–Crippen MR) is 73.9 cm³/mol. The molecule has 6 heteroatoms. The van der Waals surface area contributed by atoms with E-state index in [9.17, 15) is 4.79 Å². The van der Waals surface area contributed by atoms with Crippen LogP contribution in [0.5, 0.6) is 0 Å². The summed E-state index contributed by atoms with van der Waals surface area (Å²) in [6.45, 7) is 1.86. The molecule has 94 valence electrons. The number of hydrogen-bond donors (Lipinski definition) is 1. The van der Waals surface area contributed by atoms with Crippen molar-refractivity contribution in [2.75, 3.05) is 12.4 Å². The standard InChI is InChI=1S/C11H12BrCl2NO2/c1-6(5-9(16)17-2)15-8-4-3-7(12)10(13)11(8)14/h3-4,6,15H,5H2,1-2H3. The van der Waals surface area contributed by atoms with Crippen LogP contribution >= 0.6 is 39.1 Å². The first-order valence-electron chi connectivity index (χ1n) is 4.92. The first-order chi connectivity index (χ1) is 7.95. The van der Waals surface area contributed by atoms with Gasteiger partial charge in [0.05, 0.1) is 29.3 Å². The Labute approximate surface area is 119 Å². The van der Waals surface area contributed by atoms with Gasteiger partial charge in [0, 0.05) is 10.5 Å². The number of carbonyl (C=O) groups excluding carboxylic acids is 1. The molecule has 0 aliphatic rings. The summed E-state index contributed by atoms with van der Waals surface area (Å²) in [6, 6.07) is 3.50. The Bertz CT molecular complexity index is 426. The summed E-state index contributed by atoms with van der Waals surface area (Å²) in [5.74, 6) is -0.274. The fourth-order valence-electron chi connectivity index (χ4n) is 1.29. The fourth-order valence-corrected chi connectivity index (χ4v) is 2.12. The van der Waals surface area contributed by atoms with Crippen molar-refractivity contribution in [3.8, 4) is 0 Å². The highest BCUT2D eigenvalue weighted by Crippen LogP contribution is 2.36. The van der Waals surface area contributed by atoms with Crippen LogP contribution in [0.4, 0.5) is 5.69 Å². The summed E-state index contributed by atoms with van der Waals surface area (Å²) in [5, 5.41) is 3.98. The number of halogens is 3. The molecule has 0 amide bonds. The number of methoxy groups -OCH3 is 1. The second kappa shape index (κ2) is 6.47. The molecular formula is C11H12BrCl2NO2. The van der Waals surface area contributed by atoms with Crippen molar-refractivity contribution in [3.63, 3.8) is 0 Å². The Morgan fingerprint density at radius 2 is 2.12 bits per heavy atom. The highest BCUT2D eigenvalue weighted by atomic mass is 79.9. The average molecular weight is 341 g/mol. The van der Waals surface area contributed by atoms with Gasteiger partial charge in [-0.1, -0.05) is 23.2 Å². The average Bonchev–Trinajstić information content (AvgIpc) is 2.29. The topological polar surface area (TPSA) is 38.3 Å². The smallest absolute Gasteiger partial charge is 0.307 e. The predicted octanol–water partition coefficient (Wildman–Crippen LogP) is 4.12. The molecule has 3 nitrogen and oxygen atoms in total. The van der Waals surface area contributed by atoms with E-state index in [-0.39, 0.29) is 18.4 Å². The zero-order valence-electron chi connectivity index (χ0n) is 9.39. The van der Waals surface area contributed by atoms with E-state index in [1.54, 1.807) is 12.1 Å². The van der Waals surface area contributed by atoms with Crippen molar-refractivity contribution >= 4 is 50.8 Å². The van der Waals surface area contributed by atoms with Gasteiger partial charge >= 0.3 is 5.97 Å². The summed E-state index contributed by atoms with van der Waals surface area (Å²) in [4.78, 5) is 11.1. The molecule has 0 aromatic heterocycles. The molecule has 1 unspecified atom stereocenters. The Hall–Kier alpha value is -0.450. The highest BCUT2D eigenvalue weighted by molar-refractivity contribution is 9.10. The van der Waals surface area contributed by atoms with Gasteiger partial charge in [0.2, 0.25) is 0 Å². The zero-order valence-corrected chi connectivity index (χ0v) is 12.5. The van der Waals surface area contributed by atoms with Crippen molar-refractivity contribution in [2.24, 2.45) is 0 Å². The van der Waals surface area contributed by atoms with E-state index >= 15 is 0 Å². The van der Waals surface area contributed by atoms with Gasteiger partial charge < -0.3 is 10.1 Å². The second-order valence-electron chi connectivity index (χ2n) is 3.55. The minimum atomic E-state index is -0.274. The number of ether oxygens (including phenoxy) is 1. The molecular weight excluding hydrogens is 329 g/mol. The van der Waals surface area contributed by atoms with Gasteiger partial charge in [-0.15, -0.1) is 0 Å². The van der Waals surface area contributed by atoms with E-state index in [0.29, 0.717) is 15.7 Å². The SMILES string of the molecule is COC(=O)CC(C)Nc1ccc(Br)c(Cl)c1Cl. The van der Waals surface area contributed by atoms with Crippen LogP contribution in [-0.4, -0.2) is 19.1 Å². The van der Waals surface area contributed by atoms with E-state index in [2.05, 4.69) is 26.0 Å². The lowest BCUT2D eigenvalue weighted by molar-refractivity contribution is -0.140. The number of carbonyl (C=O) groups is 1. The van der Waals surface area contributed by atoms with Gasteiger partial charge in [-0.3, -0.25) is 4.79 Å². The van der Waals surface area contributed by atoms with Crippen LogP contribution in [0, 0.1) is 0 Å². The van der Waals surface area contributed by atoms with Crippen molar-refractivity contribution in [2.45, 2.75) is 19.4 Å². The molecule has 0 bridgehead atoms. The molecule has 17 heavy (non-hydrogen) atoms. The number of nitrogens with one attached hydrogen (secondary N) is 1. The monoisotopic (exact) mass is 339 g/mol. The molecule has 0 radical (unpaired) electrons. The number of anilines is 1. The minimum absolute atomic E-state index is 0.0859. The quantitative estimate of drug-likeness (QED) is 0.661. The first-order valence-corrected chi connectivity index (χ1v) is 6.47. The van der Waals surface area contributed by atoms with Gasteiger partial charge in [-0.25, -0.2) is 0 Å². The van der Waals surface area contributed by atoms with Crippen LogP contribution in [0.15, 0.2) is 16.6 Å². The fraction of sp³-hybridized carbons (Fsp3) is 0.364. The van der Waals surface area contributed by atoms with E-state index in [1.807, 2.05) is 6.92 Å². The summed E-state index contributed by atoms with van der Waals surface area (Å²) in [6.07, 6.45) is 0.264. The number of rotatable bonds is 4. The summed E-state index contributed by atoms with van der Waals surface area (Å²) in [7, 11) is 1.36. The summed E-state index contributed by atoms with van der Waals surface area (Å²) in [5.41, 5.74) is 0.691. The van der Waals surface area contributed by atoms with Gasteiger partial charge in [-0.2, -0.15) is 0 Å². The van der Waals surface area contributed by atoms with Crippen LogP contribution in [-0.2, 0) is 9.53 Å². The maximum atomic E-state index is 11.1. The van der Waals surface area contributed by atoms with E-state index in [0.717, 1.165) is 4.47 Å². The van der Waals surface area contributed by atoms with Gasteiger partial charge in [0.1, 0.15) is 0 Å². The molecule has 1 aromatic carbocycles. The first kappa shape index (κ1) is 14.6. The number of benzene rings is 1. The maximum absolute atomic E-state index is 11.1. The number of esters is 1. The molecule has 0 fully saturated rings. The normalized spacial score (nSPS) is 12.1. The van der Waals surface area contributed by atoms with Crippen LogP contribution in [0.3, 0.4) is 0 Å². The molecule has 0 saturated heterocycles. The maximum Gasteiger partial charge on any atom is 0.307 e. The molecule has 1 rings (SSSR count). The molecule has 1 N–H and O–H groups in total. The Balaban J connectivity index is 2.75. The zero-order chi connectivity index (χ0) is 13.0. The van der Waals surface area contributed by atoms with Crippen LogP contribution in [0.25, 0.3) is 0 Å².